The van der Waals surface area contributed by atoms with Gasteiger partial charge in [0.25, 0.3) is 0 Å². The molecule has 2 atom stereocenters. The molecule has 0 aliphatic carbocycles. The number of hydrogen-bond donors (Lipinski definition) is 10. The molecule has 0 aliphatic heterocycles. The molecule has 1 aromatic carbocycles. The lowest BCUT2D eigenvalue weighted by molar-refractivity contribution is -0.139. The van der Waals surface area contributed by atoms with Gasteiger partial charge in [-0.3, -0.25) is 14.4 Å². The van der Waals surface area contributed by atoms with Gasteiger partial charge in [0.05, 0.1) is 19.8 Å². The second-order valence-corrected chi connectivity index (χ2v) is 6.13. The molecule has 13 nitrogen and oxygen atoms in total. The first-order valence-corrected chi connectivity index (χ1v) is 9.49. The largest absolute Gasteiger partial charge is 0.480 e. The van der Waals surface area contributed by atoms with Gasteiger partial charge in [0.15, 0.2) is 0 Å². The number of rotatable bonds is 10. The fourth-order valence-corrected chi connectivity index (χ4v) is 1.47. The quantitative estimate of drug-likeness (QED) is 0.167. The molecule has 0 amide bonds. The van der Waals surface area contributed by atoms with Crippen LogP contribution in [0.1, 0.15) is 18.4 Å². The summed E-state index contributed by atoms with van der Waals surface area (Å²) in [4.78, 5) is 29.7. The summed E-state index contributed by atoms with van der Waals surface area (Å²) in [7, 11) is 0. The highest BCUT2D eigenvalue weighted by Crippen LogP contribution is 2.01. The van der Waals surface area contributed by atoms with Crippen molar-refractivity contribution in [3.8, 4) is 0 Å². The molecule has 0 bridgehead atoms. The van der Waals surface area contributed by atoms with Crippen LogP contribution in [0.4, 0.5) is 0 Å². The van der Waals surface area contributed by atoms with E-state index in [0.717, 1.165) is 5.56 Å². The van der Waals surface area contributed by atoms with Crippen molar-refractivity contribution >= 4 is 17.9 Å². The van der Waals surface area contributed by atoms with Gasteiger partial charge in [-0.25, -0.2) is 0 Å². The summed E-state index contributed by atoms with van der Waals surface area (Å²) >= 11 is 0. The zero-order chi connectivity index (χ0) is 25.5. The van der Waals surface area contributed by atoms with E-state index in [4.69, 9.17) is 47.8 Å². The SMILES string of the molecule is NC(Cc1ccccc1)C(=O)O.NCC(=O)O.NCCCC(N)C(=O)O.OCC(O)CO. The predicted octanol–water partition coefficient (Wildman–Crippen LogP) is -2.86. The van der Waals surface area contributed by atoms with Crippen molar-refractivity contribution in [1.29, 1.82) is 0 Å². The highest BCUT2D eigenvalue weighted by Gasteiger charge is 2.11. The number of aliphatic carboxylic acids is 3. The Morgan fingerprint density at radius 1 is 0.844 bits per heavy atom. The standard InChI is InChI=1S/C9H11NO2.C5H12N2O2.C3H8O3.C2H5NO2/c10-8(9(11)12)6-7-4-2-1-3-5-7;6-3-1-2-4(7)5(8)9;4-1-3(6)2-5;3-1-2(4)5/h1-5,8H,6,10H2,(H,11,12);4H,1-3,6-7H2,(H,8,9);3-6H,1-2H2;1,3H2,(H,4,5). The third-order valence-corrected chi connectivity index (χ3v) is 3.25. The summed E-state index contributed by atoms with van der Waals surface area (Å²) in [6.07, 6.45) is 0.570. The zero-order valence-corrected chi connectivity index (χ0v) is 17.8. The lowest BCUT2D eigenvalue weighted by Crippen LogP contribution is -2.32. The van der Waals surface area contributed by atoms with Crippen LogP contribution in [0.3, 0.4) is 0 Å². The maximum Gasteiger partial charge on any atom is 0.320 e. The van der Waals surface area contributed by atoms with Gasteiger partial charge in [0.1, 0.15) is 18.2 Å². The first kappa shape index (κ1) is 34.0. The third kappa shape index (κ3) is 25.4. The fourth-order valence-electron chi connectivity index (χ4n) is 1.47. The third-order valence-electron chi connectivity index (χ3n) is 3.25. The molecule has 0 heterocycles. The van der Waals surface area contributed by atoms with Crippen LogP contribution < -0.4 is 22.9 Å². The van der Waals surface area contributed by atoms with Gasteiger partial charge < -0.3 is 53.6 Å². The average Bonchev–Trinajstić information content (AvgIpc) is 2.78. The van der Waals surface area contributed by atoms with E-state index in [1.165, 1.54) is 0 Å². The molecular formula is C19H36N4O9. The van der Waals surface area contributed by atoms with Gasteiger partial charge in [0.2, 0.25) is 0 Å². The Bertz CT molecular complexity index is 602. The number of aliphatic hydroxyl groups is 3. The number of carbonyl (C=O) groups is 3. The Morgan fingerprint density at radius 3 is 1.56 bits per heavy atom. The van der Waals surface area contributed by atoms with Crippen LogP contribution in [-0.2, 0) is 20.8 Å². The summed E-state index contributed by atoms with van der Waals surface area (Å²) in [6, 6.07) is 7.80. The van der Waals surface area contributed by atoms with Crippen LogP contribution in [-0.4, -0.2) is 93.0 Å². The van der Waals surface area contributed by atoms with Crippen LogP contribution in [0.25, 0.3) is 0 Å². The number of benzene rings is 1. The Balaban J connectivity index is -0.000000374. The summed E-state index contributed by atoms with van der Waals surface area (Å²) < 4.78 is 0. The lowest BCUT2D eigenvalue weighted by atomic mass is 10.1. The van der Waals surface area contributed by atoms with Gasteiger partial charge in [-0.15, -0.1) is 0 Å². The molecule has 14 N–H and O–H groups in total. The Hall–Kier alpha value is -2.65. The molecule has 13 heteroatoms. The number of hydrogen-bond acceptors (Lipinski definition) is 10. The monoisotopic (exact) mass is 464 g/mol. The van der Waals surface area contributed by atoms with Crippen molar-refractivity contribution in [2.75, 3.05) is 26.3 Å². The van der Waals surface area contributed by atoms with E-state index in [2.05, 4.69) is 5.73 Å². The highest BCUT2D eigenvalue weighted by molar-refractivity contribution is 5.73. The maximum atomic E-state index is 10.4. The maximum absolute atomic E-state index is 10.4. The molecule has 186 valence electrons. The number of aliphatic hydroxyl groups excluding tert-OH is 3. The minimum atomic E-state index is -0.968. The molecule has 0 saturated heterocycles. The van der Waals surface area contributed by atoms with Crippen molar-refractivity contribution in [2.24, 2.45) is 22.9 Å². The van der Waals surface area contributed by atoms with Gasteiger partial charge in [-0.1, -0.05) is 30.3 Å². The molecule has 0 aromatic heterocycles. The molecule has 0 fully saturated rings. The van der Waals surface area contributed by atoms with Crippen molar-refractivity contribution in [3.05, 3.63) is 35.9 Å². The van der Waals surface area contributed by atoms with Crippen LogP contribution in [0.5, 0.6) is 0 Å². The molecule has 0 radical (unpaired) electrons. The topological polar surface area (TPSA) is 277 Å². The van der Waals surface area contributed by atoms with Crippen LogP contribution in [0.15, 0.2) is 30.3 Å². The molecule has 0 aliphatic rings. The van der Waals surface area contributed by atoms with Gasteiger partial charge in [0, 0.05) is 0 Å². The average molecular weight is 465 g/mol. The zero-order valence-electron chi connectivity index (χ0n) is 17.8. The first-order chi connectivity index (χ1) is 15.0. The van der Waals surface area contributed by atoms with Gasteiger partial charge in [-0.05, 0) is 31.4 Å². The fraction of sp³-hybridized carbons (Fsp3) is 0.526. The molecule has 32 heavy (non-hydrogen) atoms. The van der Waals surface area contributed by atoms with Gasteiger partial charge >= 0.3 is 17.9 Å². The van der Waals surface area contributed by atoms with E-state index >= 15 is 0 Å². The molecule has 1 aromatic rings. The summed E-state index contributed by atoms with van der Waals surface area (Å²) in [5.74, 6) is -2.88. The second kappa shape index (κ2) is 23.0. The molecule has 0 spiro atoms. The van der Waals surface area contributed by atoms with Crippen LogP contribution in [0, 0.1) is 0 Å². The van der Waals surface area contributed by atoms with E-state index in [1.807, 2.05) is 30.3 Å². The predicted molar refractivity (Wildman–Crippen MR) is 117 cm³/mol. The Kier molecular flexibility index (Phi) is 24.4. The van der Waals surface area contributed by atoms with Crippen molar-refractivity contribution in [2.45, 2.75) is 37.5 Å². The molecule has 1 rings (SSSR count). The van der Waals surface area contributed by atoms with Crippen molar-refractivity contribution in [3.63, 3.8) is 0 Å². The van der Waals surface area contributed by atoms with Crippen molar-refractivity contribution < 1.29 is 45.0 Å². The molecular weight excluding hydrogens is 428 g/mol. The lowest BCUT2D eigenvalue weighted by Gasteiger charge is -2.04. The highest BCUT2D eigenvalue weighted by atomic mass is 16.4. The van der Waals surface area contributed by atoms with E-state index < -0.39 is 36.1 Å². The minimum absolute atomic E-state index is 0.278. The smallest absolute Gasteiger partial charge is 0.320 e. The van der Waals surface area contributed by atoms with E-state index in [-0.39, 0.29) is 19.8 Å². The van der Waals surface area contributed by atoms with Crippen LogP contribution in [0.2, 0.25) is 0 Å². The number of carboxylic acids is 3. The Morgan fingerprint density at radius 2 is 1.28 bits per heavy atom. The number of nitrogens with two attached hydrogens (primary N) is 4. The molecule has 2 unspecified atom stereocenters. The van der Waals surface area contributed by atoms with Crippen molar-refractivity contribution in [1.82, 2.24) is 0 Å². The van der Waals surface area contributed by atoms with Crippen LogP contribution >= 0.6 is 0 Å². The summed E-state index contributed by atoms with van der Waals surface area (Å²) in [5.41, 5.74) is 21.1. The summed E-state index contributed by atoms with van der Waals surface area (Å²) in [6.45, 7) is -0.506. The van der Waals surface area contributed by atoms with Gasteiger partial charge in [-0.2, -0.15) is 0 Å². The number of carboxylic acid groups (broad SMARTS) is 3. The second-order valence-electron chi connectivity index (χ2n) is 6.13. The normalized spacial score (nSPS) is 11.4. The first-order valence-electron chi connectivity index (χ1n) is 9.49. The van der Waals surface area contributed by atoms with E-state index in [1.54, 1.807) is 0 Å². The minimum Gasteiger partial charge on any atom is -0.480 e. The molecule has 0 saturated carbocycles. The summed E-state index contributed by atoms with van der Waals surface area (Å²) in [5, 5.41) is 48.4. The van der Waals surface area contributed by atoms with E-state index in [9.17, 15) is 14.4 Å². The Labute approximate surface area is 186 Å². The van der Waals surface area contributed by atoms with E-state index in [0.29, 0.717) is 25.8 Å².